The third kappa shape index (κ3) is 3.80. The summed E-state index contributed by atoms with van der Waals surface area (Å²) < 4.78 is 14.6. The third-order valence-electron chi connectivity index (χ3n) is 3.22. The van der Waals surface area contributed by atoms with Crippen LogP contribution in [0.1, 0.15) is 22.6 Å². The van der Waals surface area contributed by atoms with Crippen LogP contribution in [0.15, 0.2) is 46.9 Å². The van der Waals surface area contributed by atoms with Gasteiger partial charge in [-0.05, 0) is 36.6 Å². The lowest BCUT2D eigenvalue weighted by atomic mass is 9.93. The Kier molecular flexibility index (Phi) is 5.00. The van der Waals surface area contributed by atoms with Gasteiger partial charge in [0.15, 0.2) is 0 Å². The molecule has 0 radical (unpaired) electrons. The summed E-state index contributed by atoms with van der Waals surface area (Å²) in [5.74, 6) is 0.438. The van der Waals surface area contributed by atoms with E-state index < -0.39 is 0 Å². The summed E-state index contributed by atoms with van der Waals surface area (Å²) in [6.07, 6.45) is 0.617. The van der Waals surface area contributed by atoms with Gasteiger partial charge in [-0.15, -0.1) is 11.6 Å². The molecule has 0 saturated carbocycles. The van der Waals surface area contributed by atoms with Crippen LogP contribution in [0, 0.1) is 12.7 Å². The van der Waals surface area contributed by atoms with Crippen LogP contribution < -0.4 is 0 Å². The molecule has 0 spiro atoms. The summed E-state index contributed by atoms with van der Waals surface area (Å²) in [5, 5.41) is 0. The quantitative estimate of drug-likeness (QED) is 0.648. The van der Waals surface area contributed by atoms with Crippen molar-refractivity contribution in [2.24, 2.45) is 0 Å². The molecule has 0 nitrogen and oxygen atoms in total. The second-order valence-corrected chi connectivity index (χ2v) is 5.93. The molecule has 1 atom stereocenters. The average molecular weight is 342 g/mol. The van der Waals surface area contributed by atoms with Gasteiger partial charge in [-0.1, -0.05) is 51.8 Å². The minimum absolute atomic E-state index is 0.137. The van der Waals surface area contributed by atoms with Gasteiger partial charge in [-0.2, -0.15) is 0 Å². The predicted molar refractivity (Wildman–Crippen MR) is 82.4 cm³/mol. The highest BCUT2D eigenvalue weighted by atomic mass is 79.9. The molecule has 0 bridgehead atoms. The van der Waals surface area contributed by atoms with Crippen molar-refractivity contribution in [3.8, 4) is 0 Å². The molecule has 3 heteroatoms. The van der Waals surface area contributed by atoms with Gasteiger partial charge in [0.05, 0.1) is 0 Å². The van der Waals surface area contributed by atoms with Crippen LogP contribution in [0.2, 0.25) is 0 Å². The molecule has 2 aromatic carbocycles. The van der Waals surface area contributed by atoms with Crippen molar-refractivity contribution in [3.63, 3.8) is 0 Å². The van der Waals surface area contributed by atoms with Crippen LogP contribution >= 0.6 is 27.5 Å². The SMILES string of the molecule is Cc1ccc(C(CCl)Cc2ccc(Br)cc2F)cc1. The van der Waals surface area contributed by atoms with E-state index in [2.05, 4.69) is 40.2 Å². The molecule has 100 valence electrons. The summed E-state index contributed by atoms with van der Waals surface area (Å²) in [6.45, 7) is 2.05. The maximum Gasteiger partial charge on any atom is 0.127 e. The van der Waals surface area contributed by atoms with Crippen molar-refractivity contribution in [2.45, 2.75) is 19.3 Å². The zero-order chi connectivity index (χ0) is 13.8. The van der Waals surface area contributed by atoms with Gasteiger partial charge < -0.3 is 0 Å². The first-order valence-corrected chi connectivity index (χ1v) is 7.49. The van der Waals surface area contributed by atoms with Crippen LogP contribution in [0.4, 0.5) is 4.39 Å². The fourth-order valence-electron chi connectivity index (χ4n) is 2.05. The number of alkyl halides is 1. The van der Waals surface area contributed by atoms with Gasteiger partial charge in [-0.25, -0.2) is 4.39 Å². The molecule has 0 saturated heterocycles. The molecule has 19 heavy (non-hydrogen) atoms. The highest BCUT2D eigenvalue weighted by Gasteiger charge is 2.14. The predicted octanol–water partition coefficient (Wildman–Crippen LogP) is 5.46. The van der Waals surface area contributed by atoms with E-state index in [0.29, 0.717) is 17.9 Å². The zero-order valence-corrected chi connectivity index (χ0v) is 13.0. The summed E-state index contributed by atoms with van der Waals surface area (Å²) in [5.41, 5.74) is 3.07. The Morgan fingerprint density at radius 3 is 2.42 bits per heavy atom. The van der Waals surface area contributed by atoms with Gasteiger partial charge in [0, 0.05) is 16.3 Å². The van der Waals surface area contributed by atoms with E-state index in [9.17, 15) is 4.39 Å². The number of hydrogen-bond acceptors (Lipinski definition) is 0. The van der Waals surface area contributed by atoms with Gasteiger partial charge in [0.2, 0.25) is 0 Å². The molecule has 1 unspecified atom stereocenters. The molecular weight excluding hydrogens is 327 g/mol. The van der Waals surface area contributed by atoms with Crippen LogP contribution in [0.3, 0.4) is 0 Å². The summed E-state index contributed by atoms with van der Waals surface area (Å²) >= 11 is 9.31. The van der Waals surface area contributed by atoms with Crippen LogP contribution in [-0.2, 0) is 6.42 Å². The molecule has 2 rings (SSSR count). The highest BCUT2D eigenvalue weighted by molar-refractivity contribution is 9.10. The Hall–Kier alpha value is -0.860. The fourth-order valence-corrected chi connectivity index (χ4v) is 2.67. The number of aryl methyl sites for hydroxylation is 1. The lowest BCUT2D eigenvalue weighted by Crippen LogP contribution is -2.06. The molecule has 0 aliphatic rings. The third-order valence-corrected chi connectivity index (χ3v) is 4.08. The largest absolute Gasteiger partial charge is 0.207 e. The van der Waals surface area contributed by atoms with Gasteiger partial charge in [0.25, 0.3) is 0 Å². The molecule has 0 fully saturated rings. The second-order valence-electron chi connectivity index (χ2n) is 4.70. The standard InChI is InChI=1S/C16H15BrClF/c1-11-2-4-12(5-3-11)14(10-18)8-13-6-7-15(17)9-16(13)19/h2-7,9,14H,8,10H2,1H3. The molecule has 0 amide bonds. The molecule has 2 aromatic rings. The zero-order valence-electron chi connectivity index (χ0n) is 10.7. The molecule has 0 N–H and O–H groups in total. The van der Waals surface area contributed by atoms with Crippen molar-refractivity contribution in [1.29, 1.82) is 0 Å². The first kappa shape index (κ1) is 14.5. The number of halogens is 3. The van der Waals surface area contributed by atoms with E-state index >= 15 is 0 Å². The van der Waals surface area contributed by atoms with Crippen LogP contribution in [0.25, 0.3) is 0 Å². The normalized spacial score (nSPS) is 12.4. The Bertz CT molecular complexity index is 551. The number of benzene rings is 2. The maximum absolute atomic E-state index is 13.9. The Balaban J connectivity index is 2.21. The Morgan fingerprint density at radius 1 is 1.16 bits per heavy atom. The van der Waals surface area contributed by atoms with Crippen molar-refractivity contribution >= 4 is 27.5 Å². The van der Waals surface area contributed by atoms with Crippen molar-refractivity contribution in [1.82, 2.24) is 0 Å². The monoisotopic (exact) mass is 340 g/mol. The summed E-state index contributed by atoms with van der Waals surface area (Å²) in [7, 11) is 0. The van der Waals surface area contributed by atoms with E-state index in [1.165, 1.54) is 11.6 Å². The Morgan fingerprint density at radius 2 is 1.84 bits per heavy atom. The molecule has 0 aliphatic carbocycles. The van der Waals surface area contributed by atoms with E-state index in [0.717, 1.165) is 10.0 Å². The first-order chi connectivity index (χ1) is 9.10. The molecule has 0 aromatic heterocycles. The van der Waals surface area contributed by atoms with Gasteiger partial charge in [-0.3, -0.25) is 0 Å². The minimum Gasteiger partial charge on any atom is -0.207 e. The molecule has 0 aliphatic heterocycles. The lowest BCUT2D eigenvalue weighted by molar-refractivity contribution is 0.597. The van der Waals surface area contributed by atoms with Gasteiger partial charge >= 0.3 is 0 Å². The van der Waals surface area contributed by atoms with Crippen molar-refractivity contribution in [2.75, 3.05) is 5.88 Å². The fraction of sp³-hybridized carbons (Fsp3) is 0.250. The summed E-state index contributed by atoms with van der Waals surface area (Å²) in [6, 6.07) is 13.4. The minimum atomic E-state index is -0.184. The smallest absolute Gasteiger partial charge is 0.127 e. The van der Waals surface area contributed by atoms with Crippen molar-refractivity contribution < 1.29 is 4.39 Å². The lowest BCUT2D eigenvalue weighted by Gasteiger charge is -2.15. The van der Waals surface area contributed by atoms with E-state index in [1.807, 2.05) is 19.1 Å². The van der Waals surface area contributed by atoms with Gasteiger partial charge in [0.1, 0.15) is 5.82 Å². The Labute approximate surface area is 126 Å². The summed E-state index contributed by atoms with van der Waals surface area (Å²) in [4.78, 5) is 0. The molecular formula is C16H15BrClF. The topological polar surface area (TPSA) is 0 Å². The average Bonchev–Trinajstić information content (AvgIpc) is 2.39. The first-order valence-electron chi connectivity index (χ1n) is 6.16. The second kappa shape index (κ2) is 6.53. The van der Waals surface area contributed by atoms with E-state index in [1.54, 1.807) is 0 Å². The maximum atomic E-state index is 13.9. The van der Waals surface area contributed by atoms with Crippen molar-refractivity contribution in [3.05, 3.63) is 69.4 Å². The number of rotatable bonds is 4. The van der Waals surface area contributed by atoms with E-state index in [4.69, 9.17) is 11.6 Å². The number of hydrogen-bond donors (Lipinski definition) is 0. The van der Waals surface area contributed by atoms with Crippen LogP contribution in [-0.4, -0.2) is 5.88 Å². The highest BCUT2D eigenvalue weighted by Crippen LogP contribution is 2.25. The van der Waals surface area contributed by atoms with Crippen LogP contribution in [0.5, 0.6) is 0 Å². The van der Waals surface area contributed by atoms with E-state index in [-0.39, 0.29) is 11.7 Å². The molecule has 0 heterocycles.